The Bertz CT molecular complexity index is 329. The summed E-state index contributed by atoms with van der Waals surface area (Å²) < 4.78 is 5.36. The van der Waals surface area contributed by atoms with Gasteiger partial charge in [-0.15, -0.1) is 0 Å². The van der Waals surface area contributed by atoms with Crippen LogP contribution in [0.4, 0.5) is 0 Å². The van der Waals surface area contributed by atoms with Crippen LogP contribution in [-0.4, -0.2) is 69.6 Å². The van der Waals surface area contributed by atoms with Gasteiger partial charge in [-0.1, -0.05) is 6.42 Å². The molecule has 1 aliphatic rings. The van der Waals surface area contributed by atoms with Gasteiger partial charge < -0.3 is 30.9 Å². The molecule has 1 aliphatic heterocycles. The lowest BCUT2D eigenvalue weighted by Gasteiger charge is -2.32. The van der Waals surface area contributed by atoms with E-state index in [1.807, 2.05) is 0 Å². The predicted octanol–water partition coefficient (Wildman–Crippen LogP) is -2.01. The maximum Gasteiger partial charge on any atom is 0.320 e. The molecule has 118 valence electrons. The molecule has 0 saturated carbocycles. The molecule has 0 aromatic rings. The van der Waals surface area contributed by atoms with Crippen molar-refractivity contribution in [3.05, 3.63) is 0 Å². The minimum Gasteiger partial charge on any atom is -0.480 e. The maximum atomic E-state index is 11.2. The lowest BCUT2D eigenvalue weighted by molar-refractivity contribution is -0.147. The lowest BCUT2D eigenvalue weighted by Crippen LogP contribution is -2.58. The van der Waals surface area contributed by atoms with Crippen LogP contribution in [0.1, 0.15) is 26.2 Å². The molecule has 1 unspecified atom stereocenters. The SMILES string of the molecule is CC1(N[C@@H](CCCCN)C(=O)O)O[C@H](CO)[C@@H](O)[C@@H]1O. The summed E-state index contributed by atoms with van der Waals surface area (Å²) in [6.07, 6.45) is -1.88. The molecule has 7 N–H and O–H groups in total. The molecule has 5 atom stereocenters. The van der Waals surface area contributed by atoms with Gasteiger partial charge in [-0.05, 0) is 26.3 Å². The fourth-order valence-electron chi connectivity index (χ4n) is 2.34. The highest BCUT2D eigenvalue weighted by atomic mass is 16.6. The zero-order valence-corrected chi connectivity index (χ0v) is 11.5. The number of aliphatic hydroxyl groups excluding tert-OH is 3. The summed E-state index contributed by atoms with van der Waals surface area (Å²) in [5.74, 6) is -1.07. The molecule has 1 fully saturated rings. The summed E-state index contributed by atoms with van der Waals surface area (Å²) in [6.45, 7) is 1.48. The maximum absolute atomic E-state index is 11.2. The second-order valence-corrected chi connectivity index (χ2v) is 5.20. The van der Waals surface area contributed by atoms with Crippen LogP contribution in [0.2, 0.25) is 0 Å². The summed E-state index contributed by atoms with van der Waals surface area (Å²) in [4.78, 5) is 11.2. The van der Waals surface area contributed by atoms with Gasteiger partial charge >= 0.3 is 5.97 Å². The molecule has 0 radical (unpaired) electrons. The van der Waals surface area contributed by atoms with Crippen LogP contribution in [0.25, 0.3) is 0 Å². The Morgan fingerprint density at radius 3 is 2.55 bits per heavy atom. The van der Waals surface area contributed by atoms with Crippen molar-refractivity contribution in [3.63, 3.8) is 0 Å². The van der Waals surface area contributed by atoms with Crippen LogP contribution in [0.3, 0.4) is 0 Å². The minimum atomic E-state index is -1.42. The van der Waals surface area contributed by atoms with Crippen LogP contribution in [0.5, 0.6) is 0 Å². The minimum absolute atomic E-state index is 0.331. The monoisotopic (exact) mass is 292 g/mol. The number of nitrogens with one attached hydrogen (secondary N) is 1. The van der Waals surface area contributed by atoms with E-state index >= 15 is 0 Å². The van der Waals surface area contributed by atoms with Gasteiger partial charge in [0.25, 0.3) is 0 Å². The zero-order chi connectivity index (χ0) is 15.3. The highest BCUT2D eigenvalue weighted by Crippen LogP contribution is 2.29. The van der Waals surface area contributed by atoms with Crippen LogP contribution < -0.4 is 11.1 Å². The molecule has 0 aromatic carbocycles. The third-order valence-corrected chi connectivity index (χ3v) is 3.55. The molecule has 0 spiro atoms. The molecular weight excluding hydrogens is 268 g/mol. The van der Waals surface area contributed by atoms with Crippen molar-refractivity contribution >= 4 is 5.97 Å². The van der Waals surface area contributed by atoms with Crippen LogP contribution in [0, 0.1) is 0 Å². The van der Waals surface area contributed by atoms with Gasteiger partial charge in [0.2, 0.25) is 0 Å². The Balaban J connectivity index is 2.69. The van der Waals surface area contributed by atoms with Gasteiger partial charge in [-0.3, -0.25) is 10.1 Å². The van der Waals surface area contributed by atoms with Crippen molar-refractivity contribution in [1.29, 1.82) is 0 Å². The summed E-state index contributed by atoms with van der Waals surface area (Å²) in [5, 5.41) is 40.6. The molecule has 0 amide bonds. The lowest BCUT2D eigenvalue weighted by atomic mass is 10.0. The number of rotatable bonds is 8. The fraction of sp³-hybridized carbons (Fsp3) is 0.917. The molecular formula is C12H24N2O6. The topological polar surface area (TPSA) is 145 Å². The molecule has 1 heterocycles. The largest absolute Gasteiger partial charge is 0.480 e. The van der Waals surface area contributed by atoms with E-state index in [4.69, 9.17) is 15.6 Å². The molecule has 20 heavy (non-hydrogen) atoms. The van der Waals surface area contributed by atoms with Crippen molar-refractivity contribution < 1.29 is 30.0 Å². The summed E-state index contributed by atoms with van der Waals surface area (Å²) in [7, 11) is 0. The third-order valence-electron chi connectivity index (χ3n) is 3.55. The number of aliphatic hydroxyl groups is 3. The number of nitrogens with two attached hydrogens (primary N) is 1. The highest BCUT2D eigenvalue weighted by molar-refractivity contribution is 5.73. The van der Waals surface area contributed by atoms with E-state index in [1.165, 1.54) is 6.92 Å². The Morgan fingerprint density at radius 1 is 1.45 bits per heavy atom. The quantitative estimate of drug-likeness (QED) is 0.281. The van der Waals surface area contributed by atoms with Crippen molar-refractivity contribution in [3.8, 4) is 0 Å². The first kappa shape index (κ1) is 17.3. The number of carboxylic acid groups (broad SMARTS) is 1. The number of ether oxygens (including phenoxy) is 1. The van der Waals surface area contributed by atoms with Gasteiger partial charge in [0.1, 0.15) is 30.1 Å². The first-order valence-corrected chi connectivity index (χ1v) is 6.71. The molecule has 1 rings (SSSR count). The Kier molecular flexibility index (Phi) is 6.31. The van der Waals surface area contributed by atoms with Crippen LogP contribution >= 0.6 is 0 Å². The average molecular weight is 292 g/mol. The van der Waals surface area contributed by atoms with E-state index in [0.29, 0.717) is 25.8 Å². The van der Waals surface area contributed by atoms with Crippen molar-refractivity contribution in [2.75, 3.05) is 13.2 Å². The van der Waals surface area contributed by atoms with Crippen molar-refractivity contribution in [1.82, 2.24) is 5.32 Å². The van der Waals surface area contributed by atoms with Crippen molar-refractivity contribution in [2.45, 2.75) is 56.3 Å². The number of unbranched alkanes of at least 4 members (excludes halogenated alkanes) is 1. The number of aliphatic carboxylic acids is 1. The second kappa shape index (κ2) is 7.30. The predicted molar refractivity (Wildman–Crippen MR) is 69.8 cm³/mol. The van der Waals surface area contributed by atoms with Gasteiger partial charge in [0, 0.05) is 0 Å². The standard InChI is InChI=1S/C12H24N2O6/c1-12(10(17)9(16)8(6-15)20-12)14-7(11(18)19)4-2-3-5-13/h7-10,14-17H,2-6,13H2,1H3,(H,18,19)/t7-,8+,9+,10-,12?/m0/s1. The van der Waals surface area contributed by atoms with Crippen LogP contribution in [-0.2, 0) is 9.53 Å². The summed E-state index contributed by atoms with van der Waals surface area (Å²) in [6, 6.07) is -0.925. The fourth-order valence-corrected chi connectivity index (χ4v) is 2.34. The van der Waals surface area contributed by atoms with E-state index in [-0.39, 0.29) is 0 Å². The number of carboxylic acids is 1. The van der Waals surface area contributed by atoms with Gasteiger partial charge in [0.15, 0.2) is 0 Å². The molecule has 1 saturated heterocycles. The Hall–Kier alpha value is -0.770. The van der Waals surface area contributed by atoms with Crippen LogP contribution in [0.15, 0.2) is 0 Å². The molecule has 0 aromatic heterocycles. The Morgan fingerprint density at radius 2 is 2.10 bits per heavy atom. The number of hydrogen-bond acceptors (Lipinski definition) is 7. The highest BCUT2D eigenvalue weighted by Gasteiger charge is 2.52. The molecule has 8 heteroatoms. The number of hydrogen-bond donors (Lipinski definition) is 6. The second-order valence-electron chi connectivity index (χ2n) is 5.20. The molecule has 8 nitrogen and oxygen atoms in total. The number of carbonyl (C=O) groups is 1. The van der Waals surface area contributed by atoms with Crippen molar-refractivity contribution in [2.24, 2.45) is 5.73 Å². The molecule has 0 aliphatic carbocycles. The van der Waals surface area contributed by atoms with E-state index in [9.17, 15) is 20.1 Å². The normalized spacial score (nSPS) is 35.1. The first-order valence-electron chi connectivity index (χ1n) is 6.71. The third kappa shape index (κ3) is 3.87. The summed E-state index contributed by atoms with van der Waals surface area (Å²) in [5.41, 5.74) is 3.95. The summed E-state index contributed by atoms with van der Waals surface area (Å²) >= 11 is 0. The Labute approximate surface area is 117 Å². The first-order chi connectivity index (χ1) is 9.35. The van der Waals surface area contributed by atoms with E-state index in [0.717, 1.165) is 0 Å². The molecule has 0 bridgehead atoms. The van der Waals surface area contributed by atoms with Gasteiger partial charge in [-0.2, -0.15) is 0 Å². The smallest absolute Gasteiger partial charge is 0.320 e. The zero-order valence-electron chi connectivity index (χ0n) is 11.5. The average Bonchev–Trinajstić information content (AvgIpc) is 2.62. The van der Waals surface area contributed by atoms with E-state index < -0.39 is 42.7 Å². The van der Waals surface area contributed by atoms with E-state index in [1.54, 1.807) is 0 Å². The van der Waals surface area contributed by atoms with Gasteiger partial charge in [0.05, 0.1) is 6.61 Å². The van der Waals surface area contributed by atoms with Gasteiger partial charge in [-0.25, -0.2) is 0 Å². The van der Waals surface area contributed by atoms with E-state index in [2.05, 4.69) is 5.32 Å².